The molecule has 3 fully saturated rings. The first-order chi connectivity index (χ1) is 12.6. The van der Waals surface area contributed by atoms with E-state index in [1.165, 1.54) is 20.8 Å². The number of carbonyl (C=O) groups excluding carboxylic acids is 1. The number of methoxy groups -OCH3 is 1. The Morgan fingerprint density at radius 1 is 1.14 bits per heavy atom. The van der Waals surface area contributed by atoms with Crippen molar-refractivity contribution in [2.45, 2.75) is 62.1 Å². The van der Waals surface area contributed by atoms with Gasteiger partial charge in [0.25, 0.3) is 5.91 Å². The van der Waals surface area contributed by atoms with Gasteiger partial charge >= 0.3 is 6.18 Å². The smallest absolute Gasteiger partial charge is 0.378 e. The zero-order valence-corrected chi connectivity index (χ0v) is 16.8. The van der Waals surface area contributed by atoms with E-state index in [-0.39, 0.29) is 16.9 Å². The lowest BCUT2D eigenvalue weighted by Gasteiger charge is -2.69. The number of sulfonamides is 1. The van der Waals surface area contributed by atoms with E-state index in [0.29, 0.717) is 25.3 Å². The Morgan fingerprint density at radius 3 is 2.18 bits per heavy atom. The number of alkyl halides is 3. The molecule has 2 bridgehead atoms. The predicted octanol–water partition coefficient (Wildman–Crippen LogP) is 3.30. The molecule has 28 heavy (non-hydrogen) atoms. The summed E-state index contributed by atoms with van der Waals surface area (Å²) in [5, 5.41) is 2.76. The topological polar surface area (TPSA) is 84.5 Å². The van der Waals surface area contributed by atoms with Gasteiger partial charge in [-0.25, -0.2) is 8.42 Å². The van der Waals surface area contributed by atoms with E-state index in [9.17, 15) is 26.4 Å². The van der Waals surface area contributed by atoms with Gasteiger partial charge in [-0.05, 0) is 58.2 Å². The van der Waals surface area contributed by atoms with Gasteiger partial charge in [0.2, 0.25) is 10.0 Å². The molecule has 0 atom stereocenters. The number of rotatable bonds is 5. The maximum atomic E-state index is 13.1. The molecule has 3 saturated carbocycles. The van der Waals surface area contributed by atoms with Crippen molar-refractivity contribution < 1.29 is 31.1 Å². The number of nitrogens with one attached hydrogen (secondary N) is 2. The fraction of sp³-hybridized carbons (Fsp3) is 0.611. The number of halogens is 3. The van der Waals surface area contributed by atoms with E-state index in [1.807, 2.05) is 0 Å². The standard InChI is InChI=1S/C18H23F3N2O4S/c1-15(2,3)28(25,26)23-13-6-5-11(18(19,20)21)7-12(13)14(24)22-16-8-17(9-16,10-16)27-4/h5-7,23H,8-10H2,1-4H3,(H,22,24). The highest BCUT2D eigenvalue weighted by Crippen LogP contribution is 2.62. The lowest BCUT2D eigenvalue weighted by atomic mass is 9.46. The summed E-state index contributed by atoms with van der Waals surface area (Å²) in [5.74, 6) is -0.748. The monoisotopic (exact) mass is 420 g/mol. The number of anilines is 1. The molecule has 1 aromatic rings. The van der Waals surface area contributed by atoms with Gasteiger partial charge in [0.15, 0.2) is 0 Å². The molecule has 0 aromatic heterocycles. The first-order valence-corrected chi connectivity index (χ1v) is 10.2. The van der Waals surface area contributed by atoms with Gasteiger partial charge in [-0.15, -0.1) is 0 Å². The summed E-state index contributed by atoms with van der Waals surface area (Å²) in [7, 11) is -2.35. The molecule has 4 rings (SSSR count). The van der Waals surface area contributed by atoms with Crippen molar-refractivity contribution in [3.8, 4) is 0 Å². The van der Waals surface area contributed by atoms with Gasteiger partial charge < -0.3 is 10.1 Å². The Labute approximate surface area is 161 Å². The van der Waals surface area contributed by atoms with E-state index in [1.54, 1.807) is 7.11 Å². The quantitative estimate of drug-likeness (QED) is 0.766. The second-order valence-corrected chi connectivity index (χ2v) is 11.1. The maximum Gasteiger partial charge on any atom is 0.416 e. The maximum absolute atomic E-state index is 13.1. The van der Waals surface area contributed by atoms with E-state index < -0.39 is 38.0 Å². The highest BCUT2D eigenvalue weighted by atomic mass is 32.2. The van der Waals surface area contributed by atoms with Crippen LogP contribution in [0.2, 0.25) is 0 Å². The van der Waals surface area contributed by atoms with E-state index >= 15 is 0 Å². The first kappa shape index (κ1) is 20.9. The van der Waals surface area contributed by atoms with Crippen LogP contribution >= 0.6 is 0 Å². The van der Waals surface area contributed by atoms with Crippen molar-refractivity contribution in [2.24, 2.45) is 0 Å². The highest BCUT2D eigenvalue weighted by molar-refractivity contribution is 7.94. The Balaban J connectivity index is 1.91. The Hall–Kier alpha value is -1.81. The molecular weight excluding hydrogens is 397 g/mol. The number of carbonyl (C=O) groups is 1. The van der Waals surface area contributed by atoms with Crippen LogP contribution in [0.5, 0.6) is 0 Å². The van der Waals surface area contributed by atoms with Crippen LogP contribution in [0.15, 0.2) is 18.2 Å². The van der Waals surface area contributed by atoms with Crippen LogP contribution in [0.3, 0.4) is 0 Å². The molecule has 10 heteroatoms. The molecule has 2 N–H and O–H groups in total. The Bertz CT molecular complexity index is 900. The predicted molar refractivity (Wildman–Crippen MR) is 97.5 cm³/mol. The van der Waals surface area contributed by atoms with Crippen molar-refractivity contribution >= 4 is 21.6 Å². The molecule has 6 nitrogen and oxygen atoms in total. The molecule has 0 heterocycles. The van der Waals surface area contributed by atoms with Gasteiger partial charge in [-0.1, -0.05) is 0 Å². The third kappa shape index (κ3) is 3.47. The molecule has 1 aromatic carbocycles. The van der Waals surface area contributed by atoms with Crippen LogP contribution in [-0.4, -0.2) is 37.3 Å². The summed E-state index contributed by atoms with van der Waals surface area (Å²) in [6.45, 7) is 4.35. The zero-order valence-electron chi connectivity index (χ0n) is 16.0. The van der Waals surface area contributed by atoms with Gasteiger partial charge in [0, 0.05) is 12.6 Å². The van der Waals surface area contributed by atoms with Crippen molar-refractivity contribution in [3.05, 3.63) is 29.3 Å². The van der Waals surface area contributed by atoms with Crippen molar-refractivity contribution in [1.29, 1.82) is 0 Å². The van der Waals surface area contributed by atoms with Crippen molar-refractivity contribution in [2.75, 3.05) is 11.8 Å². The molecule has 0 aliphatic heterocycles. The molecule has 156 valence electrons. The third-order valence-electron chi connectivity index (χ3n) is 5.44. The summed E-state index contributed by atoms with van der Waals surface area (Å²) in [6.07, 6.45) is -2.90. The first-order valence-electron chi connectivity index (χ1n) is 8.73. The molecule has 0 unspecified atom stereocenters. The third-order valence-corrected chi connectivity index (χ3v) is 7.54. The molecular formula is C18H23F3N2O4S. The molecule has 3 aliphatic carbocycles. The highest BCUT2D eigenvalue weighted by Gasteiger charge is 2.69. The largest absolute Gasteiger partial charge is 0.416 e. The lowest BCUT2D eigenvalue weighted by molar-refractivity contribution is -0.233. The average Bonchev–Trinajstić information content (AvgIpc) is 2.46. The van der Waals surface area contributed by atoms with Crippen LogP contribution in [0, 0.1) is 0 Å². The number of ether oxygens (including phenoxy) is 1. The van der Waals surface area contributed by atoms with Gasteiger partial charge in [-0.3, -0.25) is 9.52 Å². The van der Waals surface area contributed by atoms with Crippen LogP contribution in [0.4, 0.5) is 18.9 Å². The van der Waals surface area contributed by atoms with Gasteiger partial charge in [0.1, 0.15) is 0 Å². The fourth-order valence-corrected chi connectivity index (χ4v) is 4.42. The number of benzene rings is 1. The number of hydrogen-bond acceptors (Lipinski definition) is 4. The SMILES string of the molecule is COC12CC(NC(=O)c3cc(C(F)(F)F)ccc3NS(=O)(=O)C(C)(C)C)(C1)C2. The Kier molecular flexibility index (Phi) is 4.55. The van der Waals surface area contributed by atoms with Crippen LogP contribution in [-0.2, 0) is 20.9 Å². The second kappa shape index (κ2) is 6.09. The van der Waals surface area contributed by atoms with Crippen molar-refractivity contribution in [3.63, 3.8) is 0 Å². The molecule has 0 saturated heterocycles. The summed E-state index contributed by atoms with van der Waals surface area (Å²) >= 11 is 0. The zero-order chi connectivity index (χ0) is 21.2. The van der Waals surface area contributed by atoms with Gasteiger partial charge in [-0.2, -0.15) is 13.2 Å². The summed E-state index contributed by atoms with van der Waals surface area (Å²) in [4.78, 5) is 12.8. The molecule has 1 amide bonds. The van der Waals surface area contributed by atoms with E-state index in [4.69, 9.17) is 4.74 Å². The summed E-state index contributed by atoms with van der Waals surface area (Å²) in [5.41, 5.74) is -2.33. The van der Waals surface area contributed by atoms with Crippen molar-refractivity contribution in [1.82, 2.24) is 5.32 Å². The molecule has 3 aliphatic rings. The average molecular weight is 420 g/mol. The van der Waals surface area contributed by atoms with Crippen LogP contribution in [0.25, 0.3) is 0 Å². The minimum absolute atomic E-state index is 0.187. The van der Waals surface area contributed by atoms with Crippen LogP contribution in [0.1, 0.15) is 56.0 Å². The van der Waals surface area contributed by atoms with E-state index in [0.717, 1.165) is 12.1 Å². The minimum atomic E-state index is -4.66. The second-order valence-electron chi connectivity index (χ2n) is 8.63. The normalized spacial score (nSPS) is 26.8. The molecule has 0 spiro atoms. The molecule has 0 radical (unpaired) electrons. The summed E-state index contributed by atoms with van der Waals surface area (Å²) < 4.78 is 70.6. The minimum Gasteiger partial charge on any atom is -0.378 e. The number of hydrogen-bond donors (Lipinski definition) is 2. The number of amides is 1. The van der Waals surface area contributed by atoms with Gasteiger partial charge in [0.05, 0.1) is 27.2 Å². The van der Waals surface area contributed by atoms with E-state index in [2.05, 4.69) is 10.0 Å². The summed E-state index contributed by atoms with van der Waals surface area (Å²) in [6, 6.07) is 2.39. The fourth-order valence-electron chi connectivity index (χ4n) is 3.65. The Morgan fingerprint density at radius 2 is 1.71 bits per heavy atom. The van der Waals surface area contributed by atoms with Crippen LogP contribution < -0.4 is 10.0 Å². The lowest BCUT2D eigenvalue weighted by Crippen LogP contribution is -2.79.